The van der Waals surface area contributed by atoms with Gasteiger partial charge in [0.05, 0.1) is 5.56 Å². The van der Waals surface area contributed by atoms with Crippen molar-refractivity contribution in [3.05, 3.63) is 46.9 Å². The first-order chi connectivity index (χ1) is 9.11. The molecule has 0 fully saturated rings. The van der Waals surface area contributed by atoms with Gasteiger partial charge in [-0.25, -0.2) is 18.7 Å². The van der Waals surface area contributed by atoms with E-state index in [9.17, 15) is 8.78 Å². The second-order valence-electron chi connectivity index (χ2n) is 3.87. The Hall–Kier alpha value is -1.75. The van der Waals surface area contributed by atoms with Crippen LogP contribution in [0.2, 0.25) is 5.15 Å². The van der Waals surface area contributed by atoms with Crippen molar-refractivity contribution in [3.8, 4) is 11.6 Å². The van der Waals surface area contributed by atoms with Crippen LogP contribution in [0.4, 0.5) is 8.78 Å². The molecule has 0 spiro atoms. The molecule has 19 heavy (non-hydrogen) atoms. The van der Waals surface area contributed by atoms with E-state index in [0.717, 1.165) is 18.6 Å². The number of halogens is 3. The third-order valence-corrected chi connectivity index (χ3v) is 2.78. The van der Waals surface area contributed by atoms with Crippen LogP contribution in [0.15, 0.2) is 24.5 Å². The summed E-state index contributed by atoms with van der Waals surface area (Å²) in [6.07, 6.45) is 2.66. The van der Waals surface area contributed by atoms with Gasteiger partial charge in [0, 0.05) is 6.07 Å². The van der Waals surface area contributed by atoms with Crippen molar-refractivity contribution in [1.82, 2.24) is 9.97 Å². The van der Waals surface area contributed by atoms with Gasteiger partial charge in [0.2, 0.25) is 5.88 Å². The van der Waals surface area contributed by atoms with Gasteiger partial charge in [-0.2, -0.15) is 0 Å². The highest BCUT2D eigenvalue weighted by Crippen LogP contribution is 2.29. The Morgan fingerprint density at radius 3 is 2.74 bits per heavy atom. The molecule has 1 heterocycles. The van der Waals surface area contributed by atoms with Crippen molar-refractivity contribution >= 4 is 11.6 Å². The van der Waals surface area contributed by atoms with Crippen molar-refractivity contribution in [2.24, 2.45) is 0 Å². The summed E-state index contributed by atoms with van der Waals surface area (Å²) in [5.74, 6) is -1.38. The smallest absolute Gasteiger partial charge is 0.227 e. The second kappa shape index (κ2) is 5.93. The molecule has 3 nitrogen and oxygen atoms in total. The lowest BCUT2D eigenvalue weighted by molar-refractivity contribution is 0.417. The first-order valence-corrected chi connectivity index (χ1v) is 6.12. The van der Waals surface area contributed by atoms with Crippen LogP contribution in [0.1, 0.15) is 18.9 Å². The molecule has 0 aliphatic carbocycles. The standard InChI is InChI=1S/C13H11ClF2N2O/c1-2-3-9-12(14)17-7-18-13(9)19-11-5-4-8(15)6-10(11)16/h4-7H,2-3H2,1H3. The minimum absolute atomic E-state index is 0.103. The molecule has 1 aromatic carbocycles. The van der Waals surface area contributed by atoms with Crippen LogP contribution in [0.5, 0.6) is 11.6 Å². The molecule has 0 atom stereocenters. The summed E-state index contributed by atoms with van der Waals surface area (Å²) in [6, 6.07) is 3.06. The first-order valence-electron chi connectivity index (χ1n) is 5.74. The van der Waals surface area contributed by atoms with Crippen LogP contribution in [0, 0.1) is 11.6 Å². The molecule has 0 unspecified atom stereocenters. The van der Waals surface area contributed by atoms with Crippen molar-refractivity contribution in [1.29, 1.82) is 0 Å². The van der Waals surface area contributed by atoms with E-state index in [1.807, 2.05) is 6.92 Å². The lowest BCUT2D eigenvalue weighted by atomic mass is 10.2. The fourth-order valence-electron chi connectivity index (χ4n) is 1.59. The van der Waals surface area contributed by atoms with Gasteiger partial charge in [0.25, 0.3) is 0 Å². The predicted octanol–water partition coefficient (Wildman–Crippen LogP) is 4.15. The molecule has 0 saturated heterocycles. The Bertz CT molecular complexity index is 593. The largest absolute Gasteiger partial charge is 0.435 e. The average Bonchev–Trinajstić information content (AvgIpc) is 2.37. The fraction of sp³-hybridized carbons (Fsp3) is 0.231. The van der Waals surface area contributed by atoms with Crippen LogP contribution < -0.4 is 4.74 Å². The van der Waals surface area contributed by atoms with Gasteiger partial charge >= 0.3 is 0 Å². The zero-order chi connectivity index (χ0) is 13.8. The maximum absolute atomic E-state index is 13.5. The van der Waals surface area contributed by atoms with Crippen LogP contribution in [0.3, 0.4) is 0 Å². The Balaban J connectivity index is 2.35. The minimum atomic E-state index is -0.794. The summed E-state index contributed by atoms with van der Waals surface area (Å²) in [5, 5.41) is 0.273. The van der Waals surface area contributed by atoms with E-state index in [0.29, 0.717) is 12.0 Å². The molecule has 0 aliphatic rings. The predicted molar refractivity (Wildman–Crippen MR) is 67.5 cm³/mol. The van der Waals surface area contributed by atoms with Gasteiger partial charge in [0.1, 0.15) is 17.3 Å². The second-order valence-corrected chi connectivity index (χ2v) is 4.23. The summed E-state index contributed by atoms with van der Waals surface area (Å²) in [4.78, 5) is 7.80. The van der Waals surface area contributed by atoms with Crippen LogP contribution >= 0.6 is 11.6 Å². The summed E-state index contributed by atoms with van der Waals surface area (Å²) in [7, 11) is 0. The molecule has 6 heteroatoms. The third-order valence-electron chi connectivity index (χ3n) is 2.45. The first kappa shape index (κ1) is 13.7. The van der Waals surface area contributed by atoms with Crippen LogP contribution in [-0.2, 0) is 6.42 Å². The van der Waals surface area contributed by atoms with Crippen LogP contribution in [-0.4, -0.2) is 9.97 Å². The Morgan fingerprint density at radius 2 is 2.05 bits per heavy atom. The van der Waals surface area contributed by atoms with E-state index < -0.39 is 11.6 Å². The monoisotopic (exact) mass is 284 g/mol. The topological polar surface area (TPSA) is 35.0 Å². The summed E-state index contributed by atoms with van der Waals surface area (Å²) < 4.78 is 31.7. The number of hydrogen-bond donors (Lipinski definition) is 0. The quantitative estimate of drug-likeness (QED) is 0.791. The maximum Gasteiger partial charge on any atom is 0.227 e. The number of hydrogen-bond acceptors (Lipinski definition) is 3. The van der Waals surface area contributed by atoms with Crippen molar-refractivity contribution < 1.29 is 13.5 Å². The van der Waals surface area contributed by atoms with Crippen molar-refractivity contribution in [2.75, 3.05) is 0 Å². The number of benzene rings is 1. The highest BCUT2D eigenvalue weighted by molar-refractivity contribution is 6.30. The number of ether oxygens (including phenoxy) is 1. The Kier molecular flexibility index (Phi) is 4.27. The van der Waals surface area contributed by atoms with Crippen molar-refractivity contribution in [2.45, 2.75) is 19.8 Å². The van der Waals surface area contributed by atoms with Gasteiger partial charge < -0.3 is 4.74 Å². The lowest BCUT2D eigenvalue weighted by Crippen LogP contribution is -1.99. The van der Waals surface area contributed by atoms with Crippen molar-refractivity contribution in [3.63, 3.8) is 0 Å². The minimum Gasteiger partial charge on any atom is -0.435 e. The summed E-state index contributed by atoms with van der Waals surface area (Å²) in [6.45, 7) is 1.96. The third kappa shape index (κ3) is 3.17. The molecule has 0 amide bonds. The van der Waals surface area contributed by atoms with Gasteiger partial charge in [-0.1, -0.05) is 24.9 Å². The molecule has 1 aromatic heterocycles. The molecule has 0 bridgehead atoms. The molecule has 0 N–H and O–H groups in total. The molecular formula is C13H11ClF2N2O. The van der Waals surface area contributed by atoms with Crippen LogP contribution in [0.25, 0.3) is 0 Å². The molecule has 0 radical (unpaired) electrons. The van der Waals surface area contributed by atoms with E-state index in [1.54, 1.807) is 0 Å². The Labute approximate surface area is 114 Å². The Morgan fingerprint density at radius 1 is 1.26 bits per heavy atom. The zero-order valence-electron chi connectivity index (χ0n) is 10.2. The van der Waals surface area contributed by atoms with E-state index in [2.05, 4.69) is 9.97 Å². The van der Waals surface area contributed by atoms with E-state index >= 15 is 0 Å². The lowest BCUT2D eigenvalue weighted by Gasteiger charge is -2.10. The summed E-state index contributed by atoms with van der Waals surface area (Å²) >= 11 is 5.95. The molecule has 100 valence electrons. The molecule has 2 rings (SSSR count). The average molecular weight is 285 g/mol. The van der Waals surface area contributed by atoms with E-state index in [1.165, 1.54) is 12.4 Å². The normalized spacial score (nSPS) is 10.5. The van der Waals surface area contributed by atoms with E-state index in [4.69, 9.17) is 16.3 Å². The number of aromatic nitrogens is 2. The highest BCUT2D eigenvalue weighted by atomic mass is 35.5. The maximum atomic E-state index is 13.5. The SMILES string of the molecule is CCCc1c(Cl)ncnc1Oc1ccc(F)cc1F. The summed E-state index contributed by atoms with van der Waals surface area (Å²) in [5.41, 5.74) is 0.607. The molecule has 0 aliphatic heterocycles. The number of nitrogens with zero attached hydrogens (tertiary/aromatic N) is 2. The van der Waals surface area contributed by atoms with Gasteiger partial charge in [0.15, 0.2) is 11.6 Å². The van der Waals surface area contributed by atoms with Gasteiger partial charge in [-0.3, -0.25) is 0 Å². The molecule has 2 aromatic rings. The highest BCUT2D eigenvalue weighted by Gasteiger charge is 2.13. The number of rotatable bonds is 4. The molecule has 0 saturated carbocycles. The fourth-order valence-corrected chi connectivity index (χ4v) is 1.81. The molecular weight excluding hydrogens is 274 g/mol. The van der Waals surface area contributed by atoms with E-state index in [-0.39, 0.29) is 16.8 Å². The zero-order valence-corrected chi connectivity index (χ0v) is 10.9. The van der Waals surface area contributed by atoms with Gasteiger partial charge in [-0.15, -0.1) is 0 Å². The van der Waals surface area contributed by atoms with Gasteiger partial charge in [-0.05, 0) is 18.6 Å².